The largest absolute Gasteiger partial charge is 0.489 e. The fraction of sp³-hybridized carbons (Fsp3) is 0.250. The van der Waals surface area contributed by atoms with Crippen molar-refractivity contribution in [3.63, 3.8) is 0 Å². The normalized spacial score (nSPS) is 10.7. The fourth-order valence-corrected chi connectivity index (χ4v) is 2.34. The molecular formula is C16H16Cl2FNO2. The highest BCUT2D eigenvalue weighted by Crippen LogP contribution is 2.25. The Hall–Kier alpha value is -1.33. The number of aliphatic hydroxyl groups is 1. The van der Waals surface area contributed by atoms with Gasteiger partial charge in [0.05, 0.1) is 11.6 Å². The van der Waals surface area contributed by atoms with Gasteiger partial charge in [0.1, 0.15) is 18.2 Å². The summed E-state index contributed by atoms with van der Waals surface area (Å²) in [6.07, 6.45) is 0. The number of nitrogens with one attached hydrogen (secondary N) is 1. The topological polar surface area (TPSA) is 41.5 Å². The van der Waals surface area contributed by atoms with Crippen LogP contribution in [0.4, 0.5) is 4.39 Å². The molecule has 0 amide bonds. The first-order chi connectivity index (χ1) is 10.6. The lowest BCUT2D eigenvalue weighted by molar-refractivity contribution is 0.288. The summed E-state index contributed by atoms with van der Waals surface area (Å²) < 4.78 is 18.8. The van der Waals surface area contributed by atoms with Crippen LogP contribution in [0.5, 0.6) is 5.75 Å². The highest BCUT2D eigenvalue weighted by molar-refractivity contribution is 6.31. The average molecular weight is 344 g/mol. The summed E-state index contributed by atoms with van der Waals surface area (Å²) >= 11 is 12.0. The zero-order valence-electron chi connectivity index (χ0n) is 11.8. The molecule has 118 valence electrons. The van der Waals surface area contributed by atoms with Crippen molar-refractivity contribution in [1.29, 1.82) is 0 Å². The van der Waals surface area contributed by atoms with E-state index in [4.69, 9.17) is 33.0 Å². The van der Waals surface area contributed by atoms with E-state index < -0.39 is 0 Å². The van der Waals surface area contributed by atoms with E-state index in [0.29, 0.717) is 34.4 Å². The lowest BCUT2D eigenvalue weighted by Crippen LogP contribution is -2.18. The van der Waals surface area contributed by atoms with Crippen LogP contribution in [0.15, 0.2) is 36.4 Å². The van der Waals surface area contributed by atoms with Gasteiger partial charge in [-0.15, -0.1) is 0 Å². The Bertz CT molecular complexity index is 638. The molecule has 2 aromatic carbocycles. The Labute approximate surface area is 138 Å². The van der Waals surface area contributed by atoms with Crippen molar-refractivity contribution >= 4 is 23.2 Å². The number of hydrogen-bond donors (Lipinski definition) is 2. The Morgan fingerprint density at radius 1 is 1.09 bits per heavy atom. The number of halogens is 3. The van der Waals surface area contributed by atoms with Crippen LogP contribution in [0.1, 0.15) is 11.1 Å². The SMILES string of the molecule is OCCNCc1cc(Cl)ccc1OCc1ccc(F)cc1Cl. The number of ether oxygens (including phenoxy) is 1. The van der Waals surface area contributed by atoms with Crippen molar-refractivity contribution in [3.05, 3.63) is 63.4 Å². The van der Waals surface area contributed by atoms with Gasteiger partial charge in [-0.3, -0.25) is 0 Å². The van der Waals surface area contributed by atoms with Gasteiger partial charge in [0.2, 0.25) is 0 Å². The van der Waals surface area contributed by atoms with Gasteiger partial charge in [-0.05, 0) is 30.3 Å². The van der Waals surface area contributed by atoms with Crippen LogP contribution < -0.4 is 10.1 Å². The Morgan fingerprint density at radius 3 is 2.64 bits per heavy atom. The number of benzene rings is 2. The number of aliphatic hydroxyl groups excluding tert-OH is 1. The van der Waals surface area contributed by atoms with E-state index in [0.717, 1.165) is 5.56 Å². The van der Waals surface area contributed by atoms with Crippen LogP contribution >= 0.6 is 23.2 Å². The molecule has 2 rings (SSSR count). The maximum Gasteiger partial charge on any atom is 0.124 e. The highest BCUT2D eigenvalue weighted by Gasteiger charge is 2.07. The van der Waals surface area contributed by atoms with Crippen LogP contribution in [0.3, 0.4) is 0 Å². The Morgan fingerprint density at radius 2 is 1.91 bits per heavy atom. The molecule has 2 N–H and O–H groups in total. The first-order valence-corrected chi connectivity index (χ1v) is 7.52. The summed E-state index contributed by atoms with van der Waals surface area (Å²) in [5, 5.41) is 12.8. The molecule has 0 aliphatic rings. The molecule has 0 radical (unpaired) electrons. The van der Waals surface area contributed by atoms with Gasteiger partial charge in [-0.2, -0.15) is 0 Å². The molecule has 0 saturated carbocycles. The van der Waals surface area contributed by atoms with Crippen LogP contribution in [0.2, 0.25) is 10.0 Å². The first-order valence-electron chi connectivity index (χ1n) is 6.77. The first kappa shape index (κ1) is 17.0. The summed E-state index contributed by atoms with van der Waals surface area (Å²) in [5.41, 5.74) is 1.58. The molecule has 0 atom stereocenters. The van der Waals surface area contributed by atoms with Crippen molar-refractivity contribution in [2.75, 3.05) is 13.2 Å². The summed E-state index contributed by atoms with van der Waals surface area (Å²) in [5.74, 6) is 0.282. The highest BCUT2D eigenvalue weighted by atomic mass is 35.5. The van der Waals surface area contributed by atoms with Gasteiger partial charge in [-0.25, -0.2) is 4.39 Å². The monoisotopic (exact) mass is 343 g/mol. The molecule has 3 nitrogen and oxygen atoms in total. The molecule has 6 heteroatoms. The minimum absolute atomic E-state index is 0.0575. The second-order valence-corrected chi connectivity index (χ2v) is 5.52. The van der Waals surface area contributed by atoms with Gasteiger partial charge >= 0.3 is 0 Å². The molecule has 0 aliphatic carbocycles. The van der Waals surface area contributed by atoms with E-state index in [-0.39, 0.29) is 19.0 Å². The smallest absolute Gasteiger partial charge is 0.124 e. The second-order valence-electron chi connectivity index (χ2n) is 4.68. The van der Waals surface area contributed by atoms with Crippen molar-refractivity contribution < 1.29 is 14.2 Å². The van der Waals surface area contributed by atoms with Crippen molar-refractivity contribution in [2.45, 2.75) is 13.2 Å². The molecule has 0 fully saturated rings. The molecule has 0 heterocycles. The third-order valence-electron chi connectivity index (χ3n) is 3.02. The van der Waals surface area contributed by atoms with Crippen LogP contribution in [-0.4, -0.2) is 18.3 Å². The molecular weight excluding hydrogens is 328 g/mol. The lowest BCUT2D eigenvalue weighted by atomic mass is 10.2. The van der Waals surface area contributed by atoms with Crippen molar-refractivity contribution in [2.24, 2.45) is 0 Å². The standard InChI is InChI=1S/C16H16Cl2FNO2/c17-13-2-4-16(12(7-13)9-20-5-6-21)22-10-11-1-3-14(19)8-15(11)18/h1-4,7-8,20-21H,5-6,9-10H2. The van der Waals surface area contributed by atoms with Gasteiger partial charge in [0.25, 0.3) is 0 Å². The zero-order chi connectivity index (χ0) is 15.9. The predicted molar refractivity (Wildman–Crippen MR) is 86.0 cm³/mol. The lowest BCUT2D eigenvalue weighted by Gasteiger charge is -2.13. The second kappa shape index (κ2) is 8.34. The zero-order valence-corrected chi connectivity index (χ0v) is 13.3. The molecule has 0 saturated heterocycles. The maximum atomic E-state index is 13.0. The third kappa shape index (κ3) is 4.85. The molecule has 22 heavy (non-hydrogen) atoms. The van der Waals surface area contributed by atoms with E-state index in [1.807, 2.05) is 0 Å². The fourth-order valence-electron chi connectivity index (χ4n) is 1.92. The summed E-state index contributed by atoms with van der Waals surface area (Å²) in [4.78, 5) is 0. The molecule has 0 aliphatic heterocycles. The molecule has 0 aromatic heterocycles. The minimum Gasteiger partial charge on any atom is -0.489 e. The maximum absolute atomic E-state index is 13.0. The molecule has 2 aromatic rings. The van der Waals surface area contributed by atoms with Crippen LogP contribution in [0, 0.1) is 5.82 Å². The quantitative estimate of drug-likeness (QED) is 0.751. The van der Waals surface area contributed by atoms with E-state index >= 15 is 0 Å². The van der Waals surface area contributed by atoms with Gasteiger partial charge in [0.15, 0.2) is 0 Å². The summed E-state index contributed by atoms with van der Waals surface area (Å²) in [6, 6.07) is 9.50. The van der Waals surface area contributed by atoms with Crippen molar-refractivity contribution in [1.82, 2.24) is 5.32 Å². The Kier molecular flexibility index (Phi) is 6.46. The van der Waals surface area contributed by atoms with Crippen LogP contribution in [0.25, 0.3) is 0 Å². The van der Waals surface area contributed by atoms with Gasteiger partial charge < -0.3 is 15.2 Å². The van der Waals surface area contributed by atoms with Gasteiger partial charge in [-0.1, -0.05) is 29.3 Å². The van der Waals surface area contributed by atoms with Crippen molar-refractivity contribution in [3.8, 4) is 5.75 Å². The van der Waals surface area contributed by atoms with Gasteiger partial charge in [0, 0.05) is 29.2 Å². The molecule has 0 bridgehead atoms. The molecule has 0 spiro atoms. The predicted octanol–water partition coefficient (Wildman–Crippen LogP) is 3.79. The van der Waals surface area contributed by atoms with E-state index in [9.17, 15) is 4.39 Å². The number of rotatable bonds is 7. The van der Waals surface area contributed by atoms with E-state index in [1.54, 1.807) is 24.3 Å². The third-order valence-corrected chi connectivity index (χ3v) is 3.61. The Balaban J connectivity index is 2.08. The number of hydrogen-bond acceptors (Lipinski definition) is 3. The van der Waals surface area contributed by atoms with E-state index in [1.165, 1.54) is 12.1 Å². The van der Waals surface area contributed by atoms with Crippen LogP contribution in [-0.2, 0) is 13.2 Å². The summed E-state index contributed by atoms with van der Waals surface area (Å²) in [6.45, 7) is 1.29. The molecule has 0 unspecified atom stereocenters. The average Bonchev–Trinajstić information content (AvgIpc) is 2.48. The minimum atomic E-state index is -0.380. The summed E-state index contributed by atoms with van der Waals surface area (Å²) in [7, 11) is 0. The van der Waals surface area contributed by atoms with E-state index in [2.05, 4.69) is 5.32 Å².